The number of amides is 1. The summed E-state index contributed by atoms with van der Waals surface area (Å²) >= 11 is 7.06. The molecule has 0 aliphatic carbocycles. The van der Waals surface area contributed by atoms with Crippen LogP contribution in [0.25, 0.3) is 0 Å². The number of carbonyl (C=O) groups is 1. The molecule has 0 unspecified atom stereocenters. The van der Waals surface area contributed by atoms with Crippen LogP contribution >= 0.6 is 31.9 Å². The Bertz CT molecular complexity index is 1040. The molecule has 0 fully saturated rings. The number of halogens is 2. The van der Waals surface area contributed by atoms with Crippen LogP contribution in [0.15, 0.2) is 74.7 Å². The lowest BCUT2D eigenvalue weighted by Crippen LogP contribution is -2.17. The average molecular weight is 548 g/mol. The molecule has 8 heteroatoms. The molecule has 3 aromatic rings. The number of hydrazone groups is 1. The molecule has 0 heterocycles. The molecule has 31 heavy (non-hydrogen) atoms. The Hall–Kier alpha value is -2.84. The summed E-state index contributed by atoms with van der Waals surface area (Å²) in [6.07, 6.45) is 1.55. The SMILES string of the molecule is COc1cc(OC)cc(C(=O)N/N=C\c2cc(Br)c(OCc3ccccc3)c(Br)c2)c1. The summed E-state index contributed by atoms with van der Waals surface area (Å²) in [6.45, 7) is 0.450. The number of benzene rings is 3. The Labute approximate surface area is 197 Å². The minimum atomic E-state index is -0.380. The van der Waals surface area contributed by atoms with Gasteiger partial charge in [-0.3, -0.25) is 4.79 Å². The Morgan fingerprint density at radius 1 is 0.968 bits per heavy atom. The van der Waals surface area contributed by atoms with Gasteiger partial charge in [-0.1, -0.05) is 30.3 Å². The van der Waals surface area contributed by atoms with E-state index in [9.17, 15) is 4.79 Å². The van der Waals surface area contributed by atoms with Crippen LogP contribution in [0.5, 0.6) is 17.2 Å². The highest BCUT2D eigenvalue weighted by molar-refractivity contribution is 9.11. The fraction of sp³-hybridized carbons (Fsp3) is 0.130. The van der Waals surface area contributed by atoms with Crippen LogP contribution in [0.3, 0.4) is 0 Å². The van der Waals surface area contributed by atoms with Crippen LogP contribution in [0.1, 0.15) is 21.5 Å². The zero-order valence-electron chi connectivity index (χ0n) is 16.9. The first kappa shape index (κ1) is 22.8. The van der Waals surface area contributed by atoms with Gasteiger partial charge in [0.2, 0.25) is 0 Å². The summed E-state index contributed by atoms with van der Waals surface area (Å²) in [5.74, 6) is 1.35. The van der Waals surface area contributed by atoms with Gasteiger partial charge in [0.1, 0.15) is 23.9 Å². The monoisotopic (exact) mass is 546 g/mol. The van der Waals surface area contributed by atoms with Crippen molar-refractivity contribution in [2.24, 2.45) is 5.10 Å². The summed E-state index contributed by atoms with van der Waals surface area (Å²) in [7, 11) is 3.05. The Morgan fingerprint density at radius 2 is 1.58 bits per heavy atom. The van der Waals surface area contributed by atoms with Crippen LogP contribution in [-0.2, 0) is 6.61 Å². The summed E-state index contributed by atoms with van der Waals surface area (Å²) in [5.41, 5.74) is 4.73. The molecule has 1 N–H and O–H groups in total. The third-order valence-electron chi connectivity index (χ3n) is 4.24. The van der Waals surface area contributed by atoms with E-state index in [-0.39, 0.29) is 5.91 Å². The topological polar surface area (TPSA) is 69.2 Å². The van der Waals surface area contributed by atoms with E-state index in [1.807, 2.05) is 42.5 Å². The van der Waals surface area contributed by atoms with Gasteiger partial charge >= 0.3 is 0 Å². The molecule has 0 saturated carbocycles. The zero-order chi connectivity index (χ0) is 22.2. The summed E-state index contributed by atoms with van der Waals surface area (Å²) < 4.78 is 17.8. The van der Waals surface area contributed by atoms with Crippen LogP contribution in [-0.4, -0.2) is 26.3 Å². The van der Waals surface area contributed by atoms with E-state index in [0.717, 1.165) is 20.1 Å². The Kier molecular flexibility index (Phi) is 8.08. The summed E-state index contributed by atoms with van der Waals surface area (Å²) in [6, 6.07) is 18.5. The molecule has 0 aromatic heterocycles. The van der Waals surface area contributed by atoms with Crippen LogP contribution < -0.4 is 19.6 Å². The molecule has 0 bridgehead atoms. The molecule has 0 aliphatic heterocycles. The lowest BCUT2D eigenvalue weighted by molar-refractivity contribution is 0.0954. The molecule has 0 radical (unpaired) electrons. The van der Waals surface area contributed by atoms with Gasteiger partial charge in [0.15, 0.2) is 0 Å². The van der Waals surface area contributed by atoms with Crippen molar-refractivity contribution in [3.8, 4) is 17.2 Å². The van der Waals surface area contributed by atoms with Crippen molar-refractivity contribution in [2.75, 3.05) is 14.2 Å². The molecule has 0 spiro atoms. The van der Waals surface area contributed by atoms with E-state index < -0.39 is 0 Å². The second-order valence-corrected chi connectivity index (χ2v) is 8.10. The molecule has 0 atom stereocenters. The standard InChI is InChI=1S/C23H20Br2N2O4/c1-29-18-10-17(11-19(12-18)30-2)23(28)27-26-13-16-8-20(24)22(21(25)9-16)31-14-15-6-4-3-5-7-15/h3-13H,14H2,1-2H3,(H,27,28)/b26-13-. The van der Waals surface area contributed by atoms with Gasteiger partial charge in [0.05, 0.1) is 29.4 Å². The number of hydrogen-bond acceptors (Lipinski definition) is 5. The maximum atomic E-state index is 12.4. The van der Waals surface area contributed by atoms with Crippen LogP contribution in [0, 0.1) is 0 Å². The molecular weight excluding hydrogens is 528 g/mol. The fourth-order valence-electron chi connectivity index (χ4n) is 2.69. The number of ether oxygens (including phenoxy) is 3. The minimum Gasteiger partial charge on any atom is -0.497 e. The average Bonchev–Trinajstić information content (AvgIpc) is 2.78. The van der Waals surface area contributed by atoms with E-state index >= 15 is 0 Å². The van der Waals surface area contributed by atoms with Crippen LogP contribution in [0.2, 0.25) is 0 Å². The van der Waals surface area contributed by atoms with Crippen molar-refractivity contribution in [2.45, 2.75) is 6.61 Å². The molecule has 160 valence electrons. The third-order valence-corrected chi connectivity index (χ3v) is 5.42. The molecule has 1 amide bonds. The highest BCUT2D eigenvalue weighted by atomic mass is 79.9. The van der Waals surface area contributed by atoms with Gasteiger partial charge < -0.3 is 14.2 Å². The maximum absolute atomic E-state index is 12.4. The largest absolute Gasteiger partial charge is 0.497 e. The molecular formula is C23H20Br2N2O4. The normalized spacial score (nSPS) is 10.7. The number of nitrogens with one attached hydrogen (secondary N) is 1. The van der Waals surface area contributed by atoms with E-state index in [2.05, 4.69) is 42.4 Å². The predicted octanol–water partition coefficient (Wildman–Crippen LogP) is 5.57. The third kappa shape index (κ3) is 6.32. The minimum absolute atomic E-state index is 0.375. The van der Waals surface area contributed by atoms with Gasteiger partial charge in [-0.05, 0) is 67.3 Å². The van der Waals surface area contributed by atoms with Crippen molar-refractivity contribution >= 4 is 44.0 Å². The predicted molar refractivity (Wildman–Crippen MR) is 127 cm³/mol. The first-order valence-corrected chi connectivity index (χ1v) is 10.8. The van der Waals surface area contributed by atoms with Gasteiger partial charge in [-0.15, -0.1) is 0 Å². The van der Waals surface area contributed by atoms with E-state index in [4.69, 9.17) is 14.2 Å². The number of rotatable bonds is 8. The smallest absolute Gasteiger partial charge is 0.271 e. The van der Waals surface area contributed by atoms with E-state index in [1.165, 1.54) is 14.2 Å². The quantitative estimate of drug-likeness (QED) is 0.295. The highest BCUT2D eigenvalue weighted by Gasteiger charge is 2.11. The van der Waals surface area contributed by atoms with Gasteiger partial charge in [0.25, 0.3) is 5.91 Å². The van der Waals surface area contributed by atoms with Gasteiger partial charge in [-0.2, -0.15) is 5.10 Å². The lowest BCUT2D eigenvalue weighted by Gasteiger charge is -2.11. The highest BCUT2D eigenvalue weighted by Crippen LogP contribution is 2.35. The lowest BCUT2D eigenvalue weighted by atomic mass is 10.2. The second kappa shape index (κ2) is 11.0. The fourth-order valence-corrected chi connectivity index (χ4v) is 4.14. The summed E-state index contributed by atoms with van der Waals surface area (Å²) in [5, 5.41) is 4.05. The van der Waals surface area contributed by atoms with E-state index in [1.54, 1.807) is 24.4 Å². The molecule has 6 nitrogen and oxygen atoms in total. The number of hydrogen-bond donors (Lipinski definition) is 1. The summed E-state index contributed by atoms with van der Waals surface area (Å²) in [4.78, 5) is 12.4. The number of methoxy groups -OCH3 is 2. The van der Waals surface area contributed by atoms with Crippen molar-refractivity contribution < 1.29 is 19.0 Å². The number of nitrogens with zero attached hydrogens (tertiary/aromatic N) is 1. The van der Waals surface area contributed by atoms with Gasteiger partial charge in [0, 0.05) is 11.6 Å². The second-order valence-electron chi connectivity index (χ2n) is 6.39. The van der Waals surface area contributed by atoms with Gasteiger partial charge in [-0.25, -0.2) is 5.43 Å². The van der Waals surface area contributed by atoms with Crippen molar-refractivity contribution in [3.05, 3.63) is 86.3 Å². The Morgan fingerprint density at radius 3 is 2.16 bits per heavy atom. The number of carbonyl (C=O) groups excluding carboxylic acids is 1. The first-order chi connectivity index (χ1) is 15.0. The molecule has 0 saturated heterocycles. The van der Waals surface area contributed by atoms with Crippen LogP contribution in [0.4, 0.5) is 0 Å². The zero-order valence-corrected chi connectivity index (χ0v) is 20.1. The molecule has 0 aliphatic rings. The molecule has 3 rings (SSSR count). The maximum Gasteiger partial charge on any atom is 0.271 e. The first-order valence-electron chi connectivity index (χ1n) is 9.22. The molecule has 3 aromatic carbocycles. The van der Waals surface area contributed by atoms with Crippen molar-refractivity contribution in [1.29, 1.82) is 0 Å². The Balaban J connectivity index is 1.66. The van der Waals surface area contributed by atoms with Crippen molar-refractivity contribution in [3.63, 3.8) is 0 Å². The van der Waals surface area contributed by atoms with Crippen molar-refractivity contribution in [1.82, 2.24) is 5.43 Å². The van der Waals surface area contributed by atoms with E-state index in [0.29, 0.717) is 29.4 Å².